The molecule has 2 heteroatoms. The maximum Gasteiger partial charge on any atom is 0.133 e. The van der Waals surface area contributed by atoms with E-state index in [2.05, 4.69) is 39.0 Å². The van der Waals surface area contributed by atoms with Gasteiger partial charge in [0.1, 0.15) is 5.78 Å². The number of hydrogen-bond acceptors (Lipinski definition) is 2. The molecule has 0 radical (unpaired) electrons. The third-order valence-electron chi connectivity index (χ3n) is 4.61. The molecule has 4 atom stereocenters. The van der Waals surface area contributed by atoms with Gasteiger partial charge in [-0.2, -0.15) is 0 Å². The number of aliphatic hydroxyl groups is 1. The first-order chi connectivity index (χ1) is 8.90. The molecule has 4 unspecified atom stereocenters. The molecule has 0 spiro atoms. The summed E-state index contributed by atoms with van der Waals surface area (Å²) in [6.07, 6.45) is 1.10. The van der Waals surface area contributed by atoms with Crippen molar-refractivity contribution in [1.82, 2.24) is 0 Å². The summed E-state index contributed by atoms with van der Waals surface area (Å²) >= 11 is 0. The summed E-state index contributed by atoms with van der Waals surface area (Å²) < 4.78 is 0. The van der Waals surface area contributed by atoms with E-state index in [9.17, 15) is 9.90 Å². The molecule has 1 aliphatic rings. The topological polar surface area (TPSA) is 37.3 Å². The lowest BCUT2D eigenvalue weighted by Gasteiger charge is -2.32. The minimum Gasteiger partial charge on any atom is -0.393 e. The van der Waals surface area contributed by atoms with Crippen molar-refractivity contribution < 1.29 is 9.90 Å². The molecular formula is C17H24O2. The highest BCUT2D eigenvalue weighted by molar-refractivity contribution is 5.79. The smallest absolute Gasteiger partial charge is 0.133 e. The summed E-state index contributed by atoms with van der Waals surface area (Å²) in [6.45, 7) is 7.92. The Balaban J connectivity index is 2.48. The van der Waals surface area contributed by atoms with Gasteiger partial charge in [0.15, 0.2) is 0 Å². The van der Waals surface area contributed by atoms with Crippen molar-refractivity contribution in [3.63, 3.8) is 0 Å². The number of rotatable bonds is 1. The van der Waals surface area contributed by atoms with Crippen LogP contribution < -0.4 is 0 Å². The number of aliphatic hydroxyl groups excluding tert-OH is 1. The molecule has 19 heavy (non-hydrogen) atoms. The van der Waals surface area contributed by atoms with Crippen LogP contribution in [0.25, 0.3) is 0 Å². The van der Waals surface area contributed by atoms with Crippen LogP contribution in [0.1, 0.15) is 49.8 Å². The van der Waals surface area contributed by atoms with Crippen LogP contribution in [-0.2, 0) is 11.2 Å². The second kappa shape index (κ2) is 5.46. The van der Waals surface area contributed by atoms with E-state index >= 15 is 0 Å². The minimum atomic E-state index is -0.384. The van der Waals surface area contributed by atoms with E-state index in [-0.39, 0.29) is 29.6 Å². The summed E-state index contributed by atoms with van der Waals surface area (Å²) in [7, 11) is 0. The van der Waals surface area contributed by atoms with Crippen LogP contribution in [0.2, 0.25) is 0 Å². The normalized spacial score (nSPS) is 31.2. The number of carbonyl (C=O) groups is 1. The Morgan fingerprint density at radius 2 is 2.00 bits per heavy atom. The summed E-state index contributed by atoms with van der Waals surface area (Å²) in [6, 6.07) is 6.49. The Morgan fingerprint density at radius 1 is 1.32 bits per heavy atom. The monoisotopic (exact) mass is 260 g/mol. The van der Waals surface area contributed by atoms with Crippen molar-refractivity contribution in [2.75, 3.05) is 0 Å². The van der Waals surface area contributed by atoms with Crippen LogP contribution in [0.15, 0.2) is 18.2 Å². The van der Waals surface area contributed by atoms with Crippen molar-refractivity contribution in [1.29, 1.82) is 0 Å². The molecule has 1 aromatic rings. The molecule has 0 saturated heterocycles. The van der Waals surface area contributed by atoms with Crippen molar-refractivity contribution in [3.8, 4) is 0 Å². The molecule has 1 N–H and O–H groups in total. The summed E-state index contributed by atoms with van der Waals surface area (Å²) in [4.78, 5) is 11.9. The first-order valence-electron chi connectivity index (χ1n) is 7.18. The van der Waals surface area contributed by atoms with Gasteiger partial charge >= 0.3 is 0 Å². The van der Waals surface area contributed by atoms with E-state index in [4.69, 9.17) is 0 Å². The summed E-state index contributed by atoms with van der Waals surface area (Å²) in [5, 5.41) is 10.3. The minimum absolute atomic E-state index is 0.0702. The highest BCUT2D eigenvalue weighted by atomic mass is 16.3. The zero-order valence-electron chi connectivity index (χ0n) is 12.3. The first kappa shape index (κ1) is 14.3. The van der Waals surface area contributed by atoms with Crippen LogP contribution >= 0.6 is 0 Å². The van der Waals surface area contributed by atoms with Crippen LogP contribution in [0.4, 0.5) is 0 Å². The third kappa shape index (κ3) is 2.89. The standard InChI is InChI=1S/C17H24O2/c1-10-5-6-15-12(3)16(13(4)18)9-17(19)11(2)8-14(15)7-10/h5-7,11-12,16-17,19H,8-9H2,1-4H3. The number of carbonyl (C=O) groups excluding carboxylic acids is 1. The van der Waals surface area contributed by atoms with Gasteiger partial charge in [0.2, 0.25) is 0 Å². The maximum atomic E-state index is 11.9. The molecule has 1 aliphatic carbocycles. The summed E-state index contributed by atoms with van der Waals surface area (Å²) in [5.74, 6) is 0.511. The van der Waals surface area contributed by atoms with Gasteiger partial charge < -0.3 is 5.11 Å². The van der Waals surface area contributed by atoms with E-state index in [0.717, 1.165) is 6.42 Å². The quantitative estimate of drug-likeness (QED) is 0.841. The Labute approximate surface area is 115 Å². The molecule has 1 aromatic carbocycles. The van der Waals surface area contributed by atoms with E-state index in [1.165, 1.54) is 16.7 Å². The van der Waals surface area contributed by atoms with Crippen LogP contribution in [0.5, 0.6) is 0 Å². The van der Waals surface area contributed by atoms with Crippen molar-refractivity contribution in [2.45, 2.75) is 52.6 Å². The summed E-state index contributed by atoms with van der Waals surface area (Å²) in [5.41, 5.74) is 3.82. The largest absolute Gasteiger partial charge is 0.393 e. The zero-order valence-corrected chi connectivity index (χ0v) is 12.3. The second-order valence-corrected chi connectivity index (χ2v) is 6.19. The molecule has 0 saturated carbocycles. The highest BCUT2D eigenvalue weighted by Gasteiger charge is 2.32. The molecule has 0 aromatic heterocycles. The Morgan fingerprint density at radius 3 is 2.63 bits per heavy atom. The Kier molecular flexibility index (Phi) is 4.10. The number of aryl methyl sites for hydroxylation is 1. The lowest BCUT2D eigenvalue weighted by molar-refractivity contribution is -0.122. The van der Waals surface area contributed by atoms with Gasteiger partial charge in [-0.3, -0.25) is 4.79 Å². The maximum absolute atomic E-state index is 11.9. The van der Waals surface area contributed by atoms with Gasteiger partial charge in [0.05, 0.1) is 6.10 Å². The van der Waals surface area contributed by atoms with Gasteiger partial charge in [-0.25, -0.2) is 0 Å². The number of Topliss-reactive ketones (excluding diaryl/α,β-unsaturated/α-hetero) is 1. The molecule has 2 nitrogen and oxygen atoms in total. The molecule has 0 fully saturated rings. The first-order valence-corrected chi connectivity index (χ1v) is 7.18. The fraction of sp³-hybridized carbons (Fsp3) is 0.588. The number of ketones is 1. The highest BCUT2D eigenvalue weighted by Crippen LogP contribution is 2.36. The van der Waals surface area contributed by atoms with Crippen LogP contribution in [-0.4, -0.2) is 17.0 Å². The van der Waals surface area contributed by atoms with E-state index in [1.807, 2.05) is 0 Å². The lowest BCUT2D eigenvalue weighted by Crippen LogP contribution is -2.31. The van der Waals surface area contributed by atoms with E-state index in [1.54, 1.807) is 6.92 Å². The lowest BCUT2D eigenvalue weighted by atomic mass is 9.73. The molecule has 0 aliphatic heterocycles. The molecule has 0 heterocycles. The number of hydrogen-bond donors (Lipinski definition) is 1. The molecule has 0 amide bonds. The number of benzene rings is 1. The molecular weight excluding hydrogens is 236 g/mol. The van der Waals surface area contributed by atoms with Crippen LogP contribution in [0, 0.1) is 18.8 Å². The van der Waals surface area contributed by atoms with E-state index < -0.39 is 0 Å². The van der Waals surface area contributed by atoms with Gasteiger partial charge in [0, 0.05) is 5.92 Å². The molecule has 2 rings (SSSR count). The van der Waals surface area contributed by atoms with Crippen molar-refractivity contribution >= 4 is 5.78 Å². The van der Waals surface area contributed by atoms with Crippen molar-refractivity contribution in [3.05, 3.63) is 34.9 Å². The van der Waals surface area contributed by atoms with Gasteiger partial charge in [-0.05, 0) is 49.7 Å². The predicted octanol–water partition coefficient (Wildman–Crippen LogP) is 3.25. The van der Waals surface area contributed by atoms with Crippen LogP contribution in [0.3, 0.4) is 0 Å². The molecule has 0 bridgehead atoms. The SMILES string of the molecule is CC(=O)C1CC(O)C(C)Cc2cc(C)ccc2C1C. The Hall–Kier alpha value is -1.15. The van der Waals surface area contributed by atoms with Gasteiger partial charge in [-0.15, -0.1) is 0 Å². The average molecular weight is 260 g/mol. The third-order valence-corrected chi connectivity index (χ3v) is 4.61. The fourth-order valence-electron chi connectivity index (χ4n) is 3.27. The van der Waals surface area contributed by atoms with E-state index in [0.29, 0.717) is 6.42 Å². The Bertz CT molecular complexity index is 478. The second-order valence-electron chi connectivity index (χ2n) is 6.19. The van der Waals surface area contributed by atoms with Gasteiger partial charge in [-0.1, -0.05) is 37.6 Å². The average Bonchev–Trinajstić information content (AvgIpc) is 2.33. The zero-order chi connectivity index (χ0) is 14.2. The predicted molar refractivity (Wildman–Crippen MR) is 77.3 cm³/mol. The van der Waals surface area contributed by atoms with Crippen molar-refractivity contribution in [2.24, 2.45) is 11.8 Å². The molecule has 104 valence electrons. The number of fused-ring (bicyclic) bond motifs is 1. The van der Waals surface area contributed by atoms with Gasteiger partial charge in [0.25, 0.3) is 0 Å². The fourth-order valence-corrected chi connectivity index (χ4v) is 3.27.